The zero-order valence-electron chi connectivity index (χ0n) is 8.18. The van der Waals surface area contributed by atoms with Gasteiger partial charge in [0.05, 0.1) is 15.7 Å². The van der Waals surface area contributed by atoms with E-state index >= 15 is 0 Å². The summed E-state index contributed by atoms with van der Waals surface area (Å²) in [6.45, 7) is 6.37. The summed E-state index contributed by atoms with van der Waals surface area (Å²) < 4.78 is 11.9. The van der Waals surface area contributed by atoms with Crippen LogP contribution in [0.1, 0.15) is 25.6 Å². The zero-order valence-corrected chi connectivity index (χ0v) is 10.6. The Hall–Kier alpha value is 0.140. The van der Waals surface area contributed by atoms with Crippen LogP contribution in [0.5, 0.6) is 0 Å². The van der Waals surface area contributed by atoms with Crippen molar-refractivity contribution in [3.8, 4) is 0 Å². The Morgan fingerprint density at radius 3 is 2.23 bits per heavy atom. The van der Waals surface area contributed by atoms with Crippen LogP contribution in [0.4, 0.5) is 0 Å². The minimum absolute atomic E-state index is 0.0892. The van der Waals surface area contributed by atoms with Gasteiger partial charge in [0, 0.05) is 11.1 Å². The lowest BCUT2D eigenvalue weighted by atomic mass is 9.95. The fourth-order valence-electron chi connectivity index (χ4n) is 0.918. The average molecular weight is 237 g/mol. The van der Waals surface area contributed by atoms with Gasteiger partial charge in [0.15, 0.2) is 0 Å². The van der Waals surface area contributed by atoms with Gasteiger partial charge in [-0.2, -0.15) is 0 Å². The van der Waals surface area contributed by atoms with Crippen molar-refractivity contribution in [2.24, 2.45) is 0 Å². The molecular formula is C9H13ClOS2. The summed E-state index contributed by atoms with van der Waals surface area (Å²) in [5.41, 5.74) is 0.0892. The topological polar surface area (TPSA) is 17.1 Å². The molecule has 1 aromatic rings. The van der Waals surface area contributed by atoms with Crippen LogP contribution in [0.3, 0.4) is 0 Å². The molecule has 13 heavy (non-hydrogen) atoms. The number of hydrogen-bond donors (Lipinski definition) is 0. The first-order valence-electron chi connectivity index (χ1n) is 3.95. The predicted octanol–water partition coefficient (Wildman–Crippen LogP) is 3.44. The Bertz CT molecular complexity index is 336. The molecule has 0 radical (unpaired) electrons. The molecule has 0 aliphatic heterocycles. The van der Waals surface area contributed by atoms with Crippen molar-refractivity contribution >= 4 is 33.7 Å². The molecular weight excluding hydrogens is 224 g/mol. The maximum atomic E-state index is 11.2. The van der Waals surface area contributed by atoms with Gasteiger partial charge in [0.1, 0.15) is 4.34 Å². The summed E-state index contributed by atoms with van der Waals surface area (Å²) >= 11 is 7.49. The van der Waals surface area contributed by atoms with E-state index in [9.17, 15) is 4.21 Å². The highest BCUT2D eigenvalue weighted by atomic mass is 35.5. The first kappa shape index (κ1) is 11.2. The van der Waals surface area contributed by atoms with Crippen LogP contribution in [0.2, 0.25) is 4.34 Å². The van der Waals surface area contributed by atoms with Crippen molar-refractivity contribution in [3.63, 3.8) is 0 Å². The maximum Gasteiger partial charge on any atom is 0.109 e. The molecule has 1 nitrogen and oxygen atoms in total. The van der Waals surface area contributed by atoms with Gasteiger partial charge >= 0.3 is 0 Å². The molecule has 1 aromatic heterocycles. The van der Waals surface area contributed by atoms with Gasteiger partial charge in [-0.05, 0) is 11.5 Å². The van der Waals surface area contributed by atoms with Gasteiger partial charge in [-0.25, -0.2) is 0 Å². The summed E-state index contributed by atoms with van der Waals surface area (Å²) in [6, 6.07) is 1.95. The van der Waals surface area contributed by atoms with E-state index in [-0.39, 0.29) is 5.41 Å². The molecule has 1 atom stereocenters. The van der Waals surface area contributed by atoms with E-state index in [1.54, 1.807) is 6.26 Å². The molecule has 0 aromatic carbocycles. The average Bonchev–Trinajstić information content (AvgIpc) is 2.29. The van der Waals surface area contributed by atoms with Crippen molar-refractivity contribution in [2.75, 3.05) is 6.26 Å². The molecule has 0 N–H and O–H groups in total. The largest absolute Gasteiger partial charge is 0.255 e. The molecule has 74 valence electrons. The van der Waals surface area contributed by atoms with E-state index in [0.29, 0.717) is 4.34 Å². The van der Waals surface area contributed by atoms with Crippen LogP contribution in [0, 0.1) is 0 Å². The lowest BCUT2D eigenvalue weighted by molar-refractivity contribution is 0.603. The molecule has 0 aliphatic carbocycles. The minimum atomic E-state index is -0.976. The second-order valence-electron chi connectivity index (χ2n) is 3.95. The van der Waals surface area contributed by atoms with Crippen LogP contribution in [0.25, 0.3) is 0 Å². The Balaban J connectivity index is 3.17. The van der Waals surface area contributed by atoms with Gasteiger partial charge < -0.3 is 0 Å². The van der Waals surface area contributed by atoms with Gasteiger partial charge in [-0.15, -0.1) is 11.3 Å². The van der Waals surface area contributed by atoms with Crippen molar-refractivity contribution in [3.05, 3.63) is 15.3 Å². The second kappa shape index (κ2) is 3.71. The van der Waals surface area contributed by atoms with Crippen molar-refractivity contribution in [1.29, 1.82) is 0 Å². The van der Waals surface area contributed by atoms with E-state index in [4.69, 9.17) is 11.6 Å². The summed E-state index contributed by atoms with van der Waals surface area (Å²) in [5.74, 6) is 0. The maximum absolute atomic E-state index is 11.2. The number of hydrogen-bond acceptors (Lipinski definition) is 2. The van der Waals surface area contributed by atoms with Crippen LogP contribution in [0.15, 0.2) is 11.0 Å². The molecule has 4 heteroatoms. The van der Waals surface area contributed by atoms with Gasteiger partial charge in [0.2, 0.25) is 0 Å². The van der Waals surface area contributed by atoms with Crippen LogP contribution < -0.4 is 0 Å². The minimum Gasteiger partial charge on any atom is -0.255 e. The molecule has 0 aliphatic rings. The highest BCUT2D eigenvalue weighted by Crippen LogP contribution is 2.36. The first-order valence-corrected chi connectivity index (χ1v) is 6.71. The summed E-state index contributed by atoms with van der Waals surface area (Å²) in [4.78, 5) is 1.94. The Morgan fingerprint density at radius 1 is 1.46 bits per heavy atom. The molecule has 0 saturated heterocycles. The molecule has 0 fully saturated rings. The molecule has 1 rings (SSSR count). The van der Waals surface area contributed by atoms with E-state index in [2.05, 4.69) is 20.8 Å². The summed E-state index contributed by atoms with van der Waals surface area (Å²) in [6.07, 6.45) is 1.65. The second-order valence-corrected chi connectivity index (χ2v) is 6.96. The summed E-state index contributed by atoms with van der Waals surface area (Å²) in [7, 11) is -0.976. The van der Waals surface area contributed by atoms with Crippen molar-refractivity contribution < 1.29 is 4.21 Å². The molecule has 0 saturated carbocycles. The Morgan fingerprint density at radius 2 is 2.00 bits per heavy atom. The smallest absolute Gasteiger partial charge is 0.109 e. The third-order valence-electron chi connectivity index (χ3n) is 1.70. The number of halogens is 1. The van der Waals surface area contributed by atoms with Crippen molar-refractivity contribution in [1.82, 2.24) is 0 Å². The lowest BCUT2D eigenvalue weighted by Gasteiger charge is -2.14. The number of thiophene rings is 1. The van der Waals surface area contributed by atoms with Crippen LogP contribution in [-0.4, -0.2) is 10.5 Å². The fraction of sp³-hybridized carbons (Fsp3) is 0.556. The van der Waals surface area contributed by atoms with Gasteiger partial charge in [0.25, 0.3) is 0 Å². The third-order valence-corrected chi connectivity index (χ3v) is 4.67. The zero-order chi connectivity index (χ0) is 10.2. The highest BCUT2D eigenvalue weighted by molar-refractivity contribution is 7.84. The monoisotopic (exact) mass is 236 g/mol. The van der Waals surface area contributed by atoms with E-state index < -0.39 is 10.8 Å². The normalized spacial score (nSPS) is 14.5. The molecule has 0 amide bonds. The standard InChI is InChI=1S/C9H13ClOS2/c1-9(2,3)7-5-6(13(4)11)8(10)12-7/h5H,1-4H3. The van der Waals surface area contributed by atoms with Gasteiger partial charge in [-0.1, -0.05) is 32.4 Å². The number of rotatable bonds is 1. The quantitative estimate of drug-likeness (QED) is 0.730. The predicted molar refractivity (Wildman–Crippen MR) is 60.4 cm³/mol. The van der Waals surface area contributed by atoms with E-state index in [1.807, 2.05) is 6.07 Å². The van der Waals surface area contributed by atoms with Gasteiger partial charge in [-0.3, -0.25) is 4.21 Å². The van der Waals surface area contributed by atoms with Crippen LogP contribution >= 0.6 is 22.9 Å². The first-order chi connectivity index (χ1) is 5.82. The molecule has 1 unspecified atom stereocenters. The molecule has 0 bridgehead atoms. The third kappa shape index (κ3) is 2.55. The summed E-state index contributed by atoms with van der Waals surface area (Å²) in [5, 5.41) is 0. The van der Waals surface area contributed by atoms with E-state index in [0.717, 1.165) is 4.90 Å². The molecule has 0 spiro atoms. The Kier molecular flexibility index (Phi) is 3.20. The fourth-order valence-corrected chi connectivity index (χ4v) is 3.44. The lowest BCUT2D eigenvalue weighted by Crippen LogP contribution is -2.08. The van der Waals surface area contributed by atoms with Crippen LogP contribution in [-0.2, 0) is 16.2 Å². The van der Waals surface area contributed by atoms with Crippen molar-refractivity contribution in [2.45, 2.75) is 31.1 Å². The highest BCUT2D eigenvalue weighted by Gasteiger charge is 2.19. The Labute approximate surface area is 90.6 Å². The SMILES string of the molecule is CS(=O)c1cc(C(C)(C)C)sc1Cl. The van der Waals surface area contributed by atoms with E-state index in [1.165, 1.54) is 16.2 Å². The molecule has 1 heterocycles.